The van der Waals surface area contributed by atoms with Crippen LogP contribution in [0.5, 0.6) is 0 Å². The second-order valence-electron chi connectivity index (χ2n) is 3.87. The number of carboxylic acid groups (broad SMARTS) is 1. The molecular weight excluding hydrogens is 234 g/mol. The maximum atomic E-state index is 10.3. The summed E-state index contributed by atoms with van der Waals surface area (Å²) in [5, 5.41) is 8.14. The van der Waals surface area contributed by atoms with Crippen LogP contribution in [0.3, 0.4) is 0 Å². The molecule has 1 amide bonds. The molecule has 0 atom stereocenters. The fourth-order valence-electron chi connectivity index (χ4n) is 0.956. The van der Waals surface area contributed by atoms with Crippen LogP contribution in [0.15, 0.2) is 24.5 Å². The third-order valence-corrected chi connectivity index (χ3v) is 2.09. The van der Waals surface area contributed by atoms with Gasteiger partial charge in [0.1, 0.15) is 6.54 Å². The number of hydrogen-bond donors (Lipinski definition) is 1. The van der Waals surface area contributed by atoms with Crippen molar-refractivity contribution in [2.45, 2.75) is 6.92 Å². The number of anilines is 1. The predicted molar refractivity (Wildman–Crippen MR) is 69.5 cm³/mol. The Bertz CT molecular complexity index is 379. The topological polar surface area (TPSA) is 73.7 Å². The SMILES string of the molecule is CC(=O)N(C)CC(=O)O.CN(C)c1ccncc1. The molecular formula is C12H19N3O3. The Morgan fingerprint density at radius 1 is 1.22 bits per heavy atom. The third kappa shape index (κ3) is 7.21. The van der Waals surface area contributed by atoms with E-state index in [1.165, 1.54) is 19.7 Å². The van der Waals surface area contributed by atoms with E-state index in [0.717, 1.165) is 4.90 Å². The molecule has 0 aromatic carbocycles. The van der Waals surface area contributed by atoms with E-state index in [-0.39, 0.29) is 12.5 Å². The van der Waals surface area contributed by atoms with Gasteiger partial charge in [-0.1, -0.05) is 0 Å². The highest BCUT2D eigenvalue weighted by Gasteiger charge is 2.05. The Labute approximate surface area is 107 Å². The van der Waals surface area contributed by atoms with Crippen LogP contribution in [0.4, 0.5) is 5.69 Å². The maximum Gasteiger partial charge on any atom is 0.323 e. The Morgan fingerprint density at radius 3 is 1.94 bits per heavy atom. The smallest absolute Gasteiger partial charge is 0.323 e. The molecule has 6 nitrogen and oxygen atoms in total. The van der Waals surface area contributed by atoms with Gasteiger partial charge in [0, 0.05) is 46.1 Å². The molecule has 0 bridgehead atoms. The van der Waals surface area contributed by atoms with E-state index in [1.807, 2.05) is 31.1 Å². The van der Waals surface area contributed by atoms with Gasteiger partial charge < -0.3 is 14.9 Å². The second kappa shape index (κ2) is 8.05. The van der Waals surface area contributed by atoms with Crippen LogP contribution in [0.1, 0.15) is 6.92 Å². The third-order valence-electron chi connectivity index (χ3n) is 2.09. The van der Waals surface area contributed by atoms with Crippen molar-refractivity contribution in [1.29, 1.82) is 0 Å². The number of carbonyl (C=O) groups excluding carboxylic acids is 1. The van der Waals surface area contributed by atoms with Gasteiger partial charge in [-0.15, -0.1) is 0 Å². The molecule has 0 aliphatic carbocycles. The van der Waals surface area contributed by atoms with Crippen molar-refractivity contribution in [2.75, 3.05) is 32.6 Å². The zero-order valence-corrected chi connectivity index (χ0v) is 11.1. The predicted octanol–water partition coefficient (Wildman–Crippen LogP) is 0.697. The largest absolute Gasteiger partial charge is 0.480 e. The average Bonchev–Trinajstić information content (AvgIpc) is 2.30. The summed E-state index contributed by atoms with van der Waals surface area (Å²) >= 11 is 0. The Morgan fingerprint density at radius 2 is 1.72 bits per heavy atom. The lowest BCUT2D eigenvalue weighted by Crippen LogP contribution is -2.29. The number of aromatic nitrogens is 1. The summed E-state index contributed by atoms with van der Waals surface area (Å²) in [6.45, 7) is 1.10. The molecule has 0 aliphatic heterocycles. The Balaban J connectivity index is 0.000000321. The second-order valence-corrected chi connectivity index (χ2v) is 3.87. The molecule has 0 spiro atoms. The minimum atomic E-state index is -0.993. The van der Waals surface area contributed by atoms with Crippen molar-refractivity contribution in [2.24, 2.45) is 0 Å². The van der Waals surface area contributed by atoms with E-state index < -0.39 is 5.97 Å². The first-order chi connectivity index (χ1) is 8.34. The van der Waals surface area contributed by atoms with Crippen molar-refractivity contribution < 1.29 is 14.7 Å². The number of rotatable bonds is 3. The number of likely N-dealkylation sites (N-methyl/N-ethyl adjacent to an activating group) is 1. The van der Waals surface area contributed by atoms with E-state index in [1.54, 1.807) is 12.4 Å². The first kappa shape index (κ1) is 15.9. The van der Waals surface area contributed by atoms with Crippen LogP contribution in [0.2, 0.25) is 0 Å². The van der Waals surface area contributed by atoms with Crippen LogP contribution in [0.25, 0.3) is 0 Å². The number of carboxylic acids is 1. The van der Waals surface area contributed by atoms with Crippen LogP contribution >= 0.6 is 0 Å². The summed E-state index contributed by atoms with van der Waals surface area (Å²) in [7, 11) is 5.46. The van der Waals surface area contributed by atoms with Crippen molar-refractivity contribution in [3.63, 3.8) is 0 Å². The summed E-state index contributed by atoms with van der Waals surface area (Å²) < 4.78 is 0. The monoisotopic (exact) mass is 253 g/mol. The fraction of sp³-hybridized carbons (Fsp3) is 0.417. The summed E-state index contributed by atoms with van der Waals surface area (Å²) in [5.74, 6) is -1.23. The lowest BCUT2D eigenvalue weighted by Gasteiger charge is -2.10. The van der Waals surface area contributed by atoms with Crippen molar-refractivity contribution in [3.8, 4) is 0 Å². The van der Waals surface area contributed by atoms with Crippen LogP contribution in [-0.4, -0.2) is 54.6 Å². The van der Waals surface area contributed by atoms with E-state index in [0.29, 0.717) is 0 Å². The normalized spacial score (nSPS) is 8.89. The average molecular weight is 253 g/mol. The van der Waals surface area contributed by atoms with Gasteiger partial charge in [-0.05, 0) is 12.1 Å². The minimum absolute atomic E-state index is 0.227. The van der Waals surface area contributed by atoms with Gasteiger partial charge in [0.05, 0.1) is 0 Å². The van der Waals surface area contributed by atoms with Crippen LogP contribution < -0.4 is 4.90 Å². The van der Waals surface area contributed by atoms with Gasteiger partial charge >= 0.3 is 5.97 Å². The minimum Gasteiger partial charge on any atom is -0.480 e. The molecule has 0 fully saturated rings. The molecule has 0 saturated heterocycles. The van der Waals surface area contributed by atoms with E-state index in [9.17, 15) is 9.59 Å². The number of pyridine rings is 1. The van der Waals surface area contributed by atoms with Gasteiger partial charge in [-0.3, -0.25) is 14.6 Å². The van der Waals surface area contributed by atoms with Gasteiger partial charge in [-0.2, -0.15) is 0 Å². The quantitative estimate of drug-likeness (QED) is 0.858. The summed E-state index contributed by atoms with van der Waals surface area (Å²) in [4.78, 5) is 27.3. The molecule has 0 radical (unpaired) electrons. The molecule has 1 N–H and O–H groups in total. The number of amides is 1. The molecule has 18 heavy (non-hydrogen) atoms. The number of nitrogens with zero attached hydrogens (tertiary/aromatic N) is 3. The summed E-state index contributed by atoms with van der Waals surface area (Å²) in [6.07, 6.45) is 3.57. The van der Waals surface area contributed by atoms with Crippen molar-refractivity contribution in [1.82, 2.24) is 9.88 Å². The van der Waals surface area contributed by atoms with Gasteiger partial charge in [0.15, 0.2) is 0 Å². The van der Waals surface area contributed by atoms with E-state index in [4.69, 9.17) is 5.11 Å². The number of carbonyl (C=O) groups is 2. The molecule has 1 aromatic heterocycles. The van der Waals surface area contributed by atoms with Crippen molar-refractivity contribution in [3.05, 3.63) is 24.5 Å². The molecule has 1 aromatic rings. The number of aliphatic carboxylic acids is 1. The van der Waals surface area contributed by atoms with Crippen molar-refractivity contribution >= 4 is 17.6 Å². The lowest BCUT2D eigenvalue weighted by atomic mass is 10.4. The molecule has 6 heteroatoms. The highest BCUT2D eigenvalue weighted by Crippen LogP contribution is 2.05. The first-order valence-electron chi connectivity index (χ1n) is 5.35. The first-order valence-corrected chi connectivity index (χ1v) is 5.35. The van der Waals surface area contributed by atoms with E-state index in [2.05, 4.69) is 4.98 Å². The number of hydrogen-bond acceptors (Lipinski definition) is 4. The Hall–Kier alpha value is -2.11. The molecule has 0 unspecified atom stereocenters. The summed E-state index contributed by atoms with van der Waals surface area (Å²) in [6, 6.07) is 3.94. The highest BCUT2D eigenvalue weighted by molar-refractivity contribution is 5.79. The molecule has 0 saturated carbocycles. The summed E-state index contributed by atoms with van der Waals surface area (Å²) in [5.41, 5.74) is 1.19. The standard InChI is InChI=1S/C7H10N2.C5H9NO3/c1-9(2)7-3-5-8-6-4-7;1-4(7)6(2)3-5(8)9/h3-6H,1-2H3;3H2,1-2H3,(H,8,9). The Kier molecular flexibility index (Phi) is 7.11. The van der Waals surface area contributed by atoms with Crippen LogP contribution in [-0.2, 0) is 9.59 Å². The molecule has 100 valence electrons. The maximum absolute atomic E-state index is 10.3. The molecule has 1 rings (SSSR count). The van der Waals surface area contributed by atoms with Gasteiger partial charge in [0.25, 0.3) is 0 Å². The zero-order valence-electron chi connectivity index (χ0n) is 11.1. The molecule has 1 heterocycles. The highest BCUT2D eigenvalue weighted by atomic mass is 16.4. The van der Waals surface area contributed by atoms with E-state index >= 15 is 0 Å². The van der Waals surface area contributed by atoms with Gasteiger partial charge in [0.2, 0.25) is 5.91 Å². The molecule has 0 aliphatic rings. The fourth-order valence-corrected chi connectivity index (χ4v) is 0.956. The van der Waals surface area contributed by atoms with Gasteiger partial charge in [-0.25, -0.2) is 0 Å². The zero-order chi connectivity index (χ0) is 14.1. The van der Waals surface area contributed by atoms with Crippen LogP contribution in [0, 0.1) is 0 Å². The lowest BCUT2D eigenvalue weighted by molar-refractivity contribution is -0.142.